The number of rotatable bonds is 9. The second-order valence-corrected chi connectivity index (χ2v) is 9.81. The largest absolute Gasteiger partial charge is 0.365 e. The van der Waals surface area contributed by atoms with Gasteiger partial charge in [-0.3, -0.25) is 9.52 Å². The van der Waals surface area contributed by atoms with E-state index >= 15 is 0 Å². The summed E-state index contributed by atoms with van der Waals surface area (Å²) in [5.41, 5.74) is -0.466. The number of sulfonamides is 1. The van der Waals surface area contributed by atoms with Crippen molar-refractivity contribution in [1.82, 2.24) is 4.98 Å². The van der Waals surface area contributed by atoms with Gasteiger partial charge in [-0.1, -0.05) is 24.6 Å². The number of benzene rings is 1. The van der Waals surface area contributed by atoms with Crippen LogP contribution in [0.4, 0.5) is 21.6 Å². The smallest absolute Gasteiger partial charge is 0.260 e. The second-order valence-electron chi connectivity index (χ2n) is 6.52. The van der Waals surface area contributed by atoms with Gasteiger partial charge in [-0.05, 0) is 42.1 Å². The van der Waals surface area contributed by atoms with E-state index in [9.17, 15) is 17.6 Å². The first-order chi connectivity index (χ1) is 14.8. The Morgan fingerprint density at radius 1 is 1.23 bits per heavy atom. The molecule has 0 radical (unpaired) electrons. The summed E-state index contributed by atoms with van der Waals surface area (Å²) < 4.78 is 40.9. The maximum absolute atomic E-state index is 14.9. The Balaban J connectivity index is 1.71. The lowest BCUT2D eigenvalue weighted by Crippen LogP contribution is -2.20. The third kappa shape index (κ3) is 6.16. The number of anilines is 3. The monoisotopic (exact) mass is 482 g/mol. The SMILES string of the molecule is CCCS(=O)(=O)Nc1ccc(Cl)c(C(=O)Nc2ccc(NCc3cccs3)nc2)c1F. The summed E-state index contributed by atoms with van der Waals surface area (Å²) in [5.74, 6) is -1.43. The zero-order chi connectivity index (χ0) is 22.4. The van der Waals surface area contributed by atoms with Gasteiger partial charge in [0.1, 0.15) is 5.82 Å². The van der Waals surface area contributed by atoms with Gasteiger partial charge in [-0.15, -0.1) is 11.3 Å². The number of halogens is 2. The predicted molar refractivity (Wildman–Crippen MR) is 123 cm³/mol. The fraction of sp³-hybridized carbons (Fsp3) is 0.200. The van der Waals surface area contributed by atoms with Gasteiger partial charge in [0, 0.05) is 4.88 Å². The van der Waals surface area contributed by atoms with Crippen molar-refractivity contribution in [2.45, 2.75) is 19.9 Å². The molecule has 0 unspecified atom stereocenters. The number of thiophene rings is 1. The molecule has 11 heteroatoms. The lowest BCUT2D eigenvalue weighted by atomic mass is 10.1. The van der Waals surface area contributed by atoms with Gasteiger partial charge in [-0.2, -0.15) is 0 Å². The van der Waals surface area contributed by atoms with Crippen molar-refractivity contribution in [1.29, 1.82) is 0 Å². The molecule has 164 valence electrons. The highest BCUT2D eigenvalue weighted by Gasteiger charge is 2.22. The van der Waals surface area contributed by atoms with Gasteiger partial charge >= 0.3 is 0 Å². The van der Waals surface area contributed by atoms with E-state index in [1.165, 1.54) is 18.3 Å². The molecule has 0 fully saturated rings. The fourth-order valence-electron chi connectivity index (χ4n) is 2.68. The van der Waals surface area contributed by atoms with Crippen LogP contribution in [0.5, 0.6) is 0 Å². The standard InChI is InChI=1S/C20H20ClFN4O3S2/c1-2-10-31(28,29)26-16-7-6-15(21)18(19(16)22)20(27)25-13-5-8-17(23-11-13)24-12-14-4-3-9-30-14/h3-9,11,26H,2,10,12H2,1H3,(H,23,24)(H,25,27). The van der Waals surface area contributed by atoms with Crippen LogP contribution in [-0.4, -0.2) is 25.1 Å². The molecular weight excluding hydrogens is 463 g/mol. The number of nitrogens with zero attached hydrogens (tertiary/aromatic N) is 1. The highest BCUT2D eigenvalue weighted by atomic mass is 35.5. The van der Waals surface area contributed by atoms with Crippen molar-refractivity contribution in [3.8, 4) is 0 Å². The lowest BCUT2D eigenvalue weighted by molar-refractivity contribution is 0.102. The molecule has 3 rings (SSSR count). The van der Waals surface area contributed by atoms with Crippen LogP contribution in [0.3, 0.4) is 0 Å². The number of carbonyl (C=O) groups is 1. The van der Waals surface area contributed by atoms with Gasteiger partial charge in [0.05, 0.1) is 40.5 Å². The maximum atomic E-state index is 14.9. The Morgan fingerprint density at radius 2 is 2.03 bits per heavy atom. The van der Waals surface area contributed by atoms with Crippen LogP contribution in [0.2, 0.25) is 5.02 Å². The summed E-state index contributed by atoms with van der Waals surface area (Å²) in [5, 5.41) is 7.52. The van der Waals surface area contributed by atoms with E-state index in [0.717, 1.165) is 4.88 Å². The molecule has 1 aromatic carbocycles. The molecule has 0 aliphatic rings. The first kappa shape index (κ1) is 23.0. The highest BCUT2D eigenvalue weighted by molar-refractivity contribution is 7.92. The van der Waals surface area contributed by atoms with Gasteiger partial charge < -0.3 is 10.6 Å². The van der Waals surface area contributed by atoms with E-state index in [2.05, 4.69) is 20.3 Å². The number of aromatic nitrogens is 1. The number of hydrogen-bond donors (Lipinski definition) is 3. The van der Waals surface area contributed by atoms with Crippen LogP contribution >= 0.6 is 22.9 Å². The van der Waals surface area contributed by atoms with Crippen LogP contribution in [0, 0.1) is 5.82 Å². The first-order valence-corrected chi connectivity index (χ1v) is 12.2. The number of hydrogen-bond acceptors (Lipinski definition) is 6. The quantitative estimate of drug-likeness (QED) is 0.400. The van der Waals surface area contributed by atoms with Crippen molar-refractivity contribution in [2.24, 2.45) is 0 Å². The molecule has 0 bridgehead atoms. The number of carbonyl (C=O) groups excluding carboxylic acids is 1. The molecule has 2 aromatic heterocycles. The van der Waals surface area contributed by atoms with Gasteiger partial charge in [-0.25, -0.2) is 17.8 Å². The Labute approximate surface area is 188 Å². The third-order valence-electron chi connectivity index (χ3n) is 4.10. The topological polar surface area (TPSA) is 100 Å². The fourth-order valence-corrected chi connectivity index (χ4v) is 4.69. The van der Waals surface area contributed by atoms with E-state index < -0.39 is 27.3 Å². The second kappa shape index (κ2) is 10.1. The summed E-state index contributed by atoms with van der Waals surface area (Å²) >= 11 is 7.63. The van der Waals surface area contributed by atoms with Crippen LogP contribution in [-0.2, 0) is 16.6 Å². The molecule has 0 aliphatic heterocycles. The summed E-state index contributed by atoms with van der Waals surface area (Å²) in [4.78, 5) is 18.0. The Bertz CT molecular complexity index is 1150. The van der Waals surface area contributed by atoms with Crippen molar-refractivity contribution in [3.63, 3.8) is 0 Å². The van der Waals surface area contributed by atoms with Crippen LogP contribution < -0.4 is 15.4 Å². The molecule has 0 spiro atoms. The zero-order valence-electron chi connectivity index (χ0n) is 16.5. The summed E-state index contributed by atoms with van der Waals surface area (Å²) in [6, 6.07) is 9.69. The Kier molecular flexibility index (Phi) is 7.47. The molecule has 2 heterocycles. The molecule has 0 aliphatic carbocycles. The Hall–Kier alpha value is -2.69. The molecule has 0 saturated heterocycles. The van der Waals surface area contributed by atoms with E-state index in [0.29, 0.717) is 24.5 Å². The minimum Gasteiger partial charge on any atom is -0.365 e. The average molecular weight is 483 g/mol. The molecule has 3 N–H and O–H groups in total. The lowest BCUT2D eigenvalue weighted by Gasteiger charge is -2.13. The van der Waals surface area contributed by atoms with Crippen LogP contribution in [0.15, 0.2) is 48.0 Å². The zero-order valence-corrected chi connectivity index (χ0v) is 18.9. The molecule has 31 heavy (non-hydrogen) atoms. The Morgan fingerprint density at radius 3 is 2.68 bits per heavy atom. The molecule has 7 nitrogen and oxygen atoms in total. The molecule has 1 amide bonds. The van der Waals surface area contributed by atoms with E-state index in [1.54, 1.807) is 30.4 Å². The summed E-state index contributed by atoms with van der Waals surface area (Å²) in [6.45, 7) is 2.31. The first-order valence-electron chi connectivity index (χ1n) is 9.31. The van der Waals surface area contributed by atoms with E-state index in [1.807, 2.05) is 17.5 Å². The van der Waals surface area contributed by atoms with Crippen molar-refractivity contribution in [3.05, 3.63) is 69.3 Å². The maximum Gasteiger partial charge on any atom is 0.260 e. The molecular formula is C20H20ClFN4O3S2. The minimum atomic E-state index is -3.73. The van der Waals surface area contributed by atoms with Crippen LogP contribution in [0.1, 0.15) is 28.6 Å². The van der Waals surface area contributed by atoms with Gasteiger partial charge in [0.15, 0.2) is 5.82 Å². The molecule has 0 saturated carbocycles. The highest BCUT2D eigenvalue weighted by Crippen LogP contribution is 2.27. The van der Waals surface area contributed by atoms with Crippen molar-refractivity contribution >= 4 is 56.1 Å². The van der Waals surface area contributed by atoms with Gasteiger partial charge in [0.25, 0.3) is 5.91 Å². The number of pyridine rings is 1. The van der Waals surface area contributed by atoms with E-state index in [-0.39, 0.29) is 16.5 Å². The normalized spacial score (nSPS) is 11.2. The minimum absolute atomic E-state index is 0.143. The average Bonchev–Trinajstić information content (AvgIpc) is 3.23. The van der Waals surface area contributed by atoms with Crippen molar-refractivity contribution < 1.29 is 17.6 Å². The van der Waals surface area contributed by atoms with E-state index in [4.69, 9.17) is 11.6 Å². The third-order valence-corrected chi connectivity index (χ3v) is 6.77. The summed E-state index contributed by atoms with van der Waals surface area (Å²) in [7, 11) is -3.73. The van der Waals surface area contributed by atoms with Crippen LogP contribution in [0.25, 0.3) is 0 Å². The predicted octanol–water partition coefficient (Wildman–Crippen LogP) is 4.95. The number of nitrogens with one attached hydrogen (secondary N) is 3. The summed E-state index contributed by atoms with van der Waals surface area (Å²) in [6.07, 6.45) is 1.79. The van der Waals surface area contributed by atoms with Gasteiger partial charge in [0.2, 0.25) is 10.0 Å². The van der Waals surface area contributed by atoms with Crippen molar-refractivity contribution in [2.75, 3.05) is 21.1 Å². The molecule has 3 aromatic rings. The molecule has 0 atom stereocenters. The number of amides is 1.